The first-order valence-electron chi connectivity index (χ1n) is 11.2. The molecule has 1 atom stereocenters. The van der Waals surface area contributed by atoms with Gasteiger partial charge in [-0.1, -0.05) is 29.0 Å². The van der Waals surface area contributed by atoms with Crippen molar-refractivity contribution < 1.29 is 13.2 Å². The average Bonchev–Trinajstić information content (AvgIpc) is 3.42. The predicted octanol–water partition coefficient (Wildman–Crippen LogP) is 4.71. The van der Waals surface area contributed by atoms with Crippen LogP contribution in [0.15, 0.2) is 34.5 Å². The monoisotopic (exact) mass is 540 g/mol. The molecule has 34 heavy (non-hydrogen) atoms. The van der Waals surface area contributed by atoms with Gasteiger partial charge in [-0.15, -0.1) is 11.3 Å². The highest BCUT2D eigenvalue weighted by Crippen LogP contribution is 2.34. The lowest BCUT2D eigenvalue weighted by molar-refractivity contribution is -0.123. The molecule has 11 heteroatoms. The van der Waals surface area contributed by atoms with Crippen molar-refractivity contribution in [3.63, 3.8) is 0 Å². The van der Waals surface area contributed by atoms with Gasteiger partial charge in [-0.25, -0.2) is 13.4 Å². The Hall–Kier alpha value is -1.56. The van der Waals surface area contributed by atoms with Crippen LogP contribution in [0.3, 0.4) is 0 Å². The summed E-state index contributed by atoms with van der Waals surface area (Å²) >= 11 is 8.53. The van der Waals surface area contributed by atoms with Crippen LogP contribution in [0.4, 0.5) is 5.13 Å². The van der Waals surface area contributed by atoms with Gasteiger partial charge in [0.25, 0.3) is 10.0 Å². The topological polar surface area (TPSA) is 73.8 Å². The van der Waals surface area contributed by atoms with Crippen LogP contribution in [0.2, 0.25) is 4.34 Å². The van der Waals surface area contributed by atoms with E-state index in [1.807, 2.05) is 33.2 Å². The Morgan fingerprint density at radius 1 is 1.21 bits per heavy atom. The van der Waals surface area contributed by atoms with Gasteiger partial charge in [-0.05, 0) is 76.7 Å². The number of sulfonamides is 1. The molecular formula is C23H29ClN4O3S3. The first-order valence-corrected chi connectivity index (χ1v) is 14.7. The van der Waals surface area contributed by atoms with Gasteiger partial charge < -0.3 is 4.90 Å². The van der Waals surface area contributed by atoms with E-state index in [0.717, 1.165) is 40.1 Å². The molecule has 1 unspecified atom stereocenters. The maximum absolute atomic E-state index is 13.8. The number of piperidine rings is 1. The van der Waals surface area contributed by atoms with Crippen LogP contribution in [0.1, 0.15) is 24.8 Å². The Kier molecular flexibility index (Phi) is 7.95. The zero-order valence-corrected chi connectivity index (χ0v) is 22.7. The van der Waals surface area contributed by atoms with Gasteiger partial charge >= 0.3 is 0 Å². The van der Waals surface area contributed by atoms with E-state index in [4.69, 9.17) is 16.6 Å². The average molecular weight is 541 g/mol. The minimum absolute atomic E-state index is 0.0568. The number of halogens is 1. The molecule has 3 heterocycles. The summed E-state index contributed by atoms with van der Waals surface area (Å²) in [6, 6.07) is 9.20. The predicted molar refractivity (Wildman–Crippen MR) is 141 cm³/mol. The van der Waals surface area contributed by atoms with Gasteiger partial charge in [0.1, 0.15) is 4.21 Å². The molecule has 0 saturated carbocycles. The molecule has 0 aliphatic carbocycles. The van der Waals surface area contributed by atoms with Crippen molar-refractivity contribution in [2.75, 3.05) is 45.2 Å². The van der Waals surface area contributed by atoms with Crippen LogP contribution in [0.5, 0.6) is 0 Å². The normalized spacial score (nSPS) is 17.5. The Bertz CT molecular complexity index is 1270. The summed E-state index contributed by atoms with van der Waals surface area (Å²) in [5.74, 6) is -0.467. The third-order valence-electron chi connectivity index (χ3n) is 5.89. The van der Waals surface area contributed by atoms with Crippen LogP contribution >= 0.6 is 34.3 Å². The van der Waals surface area contributed by atoms with Crippen LogP contribution in [0, 0.1) is 12.8 Å². The molecule has 3 aromatic rings. The summed E-state index contributed by atoms with van der Waals surface area (Å²) < 4.78 is 29.4. The molecule has 1 aliphatic rings. The van der Waals surface area contributed by atoms with Crippen molar-refractivity contribution in [1.82, 2.24) is 14.2 Å². The summed E-state index contributed by atoms with van der Waals surface area (Å²) in [6.45, 7) is 4.00. The first-order chi connectivity index (χ1) is 16.1. The molecule has 1 fully saturated rings. The van der Waals surface area contributed by atoms with E-state index in [0.29, 0.717) is 35.4 Å². The van der Waals surface area contributed by atoms with Gasteiger partial charge in [0.2, 0.25) is 5.91 Å². The number of hydrogen-bond acceptors (Lipinski definition) is 7. The largest absolute Gasteiger partial charge is 0.309 e. The number of anilines is 1. The van der Waals surface area contributed by atoms with Crippen molar-refractivity contribution in [2.24, 2.45) is 5.92 Å². The SMILES string of the molecule is Cc1ccc2nc(N(CCCN(C)C)C(=O)C3CCCN(S(=O)(=O)c4ccc(Cl)s4)C3)sc2c1. The third-order valence-corrected chi connectivity index (χ3v) is 10.5. The zero-order chi connectivity index (χ0) is 24.5. The van der Waals surface area contributed by atoms with Crippen molar-refractivity contribution in [1.29, 1.82) is 0 Å². The van der Waals surface area contributed by atoms with E-state index in [-0.39, 0.29) is 16.7 Å². The second-order valence-corrected chi connectivity index (χ2v) is 13.8. The Balaban J connectivity index is 1.58. The minimum Gasteiger partial charge on any atom is -0.309 e. The Morgan fingerprint density at radius 3 is 2.71 bits per heavy atom. The summed E-state index contributed by atoms with van der Waals surface area (Å²) in [5.41, 5.74) is 2.02. The lowest BCUT2D eigenvalue weighted by atomic mass is 9.98. The van der Waals surface area contributed by atoms with Gasteiger partial charge in [0, 0.05) is 19.6 Å². The molecule has 7 nitrogen and oxygen atoms in total. The van der Waals surface area contributed by atoms with Crippen molar-refractivity contribution >= 4 is 65.6 Å². The number of aryl methyl sites for hydroxylation is 1. The number of carbonyl (C=O) groups is 1. The van der Waals surface area contributed by atoms with Crippen molar-refractivity contribution in [2.45, 2.75) is 30.4 Å². The lowest BCUT2D eigenvalue weighted by Gasteiger charge is -2.33. The molecular weight excluding hydrogens is 512 g/mol. The lowest BCUT2D eigenvalue weighted by Crippen LogP contribution is -2.47. The van der Waals surface area contributed by atoms with Crippen LogP contribution in [-0.4, -0.2) is 68.8 Å². The molecule has 0 radical (unpaired) electrons. The second-order valence-electron chi connectivity index (χ2n) is 8.88. The number of fused-ring (bicyclic) bond motifs is 1. The molecule has 1 aromatic carbocycles. The fourth-order valence-corrected chi connectivity index (χ4v) is 8.38. The highest BCUT2D eigenvalue weighted by Gasteiger charge is 2.36. The van der Waals surface area contributed by atoms with E-state index >= 15 is 0 Å². The maximum atomic E-state index is 13.8. The smallest absolute Gasteiger partial charge is 0.252 e. The van der Waals surface area contributed by atoms with Crippen molar-refractivity contribution in [3.8, 4) is 0 Å². The summed E-state index contributed by atoms with van der Waals surface area (Å²) in [7, 11) is 0.340. The maximum Gasteiger partial charge on any atom is 0.252 e. The van der Waals surface area contributed by atoms with E-state index in [1.165, 1.54) is 21.7 Å². The summed E-state index contributed by atoms with van der Waals surface area (Å²) in [4.78, 5) is 22.4. The molecule has 1 aliphatic heterocycles. The summed E-state index contributed by atoms with van der Waals surface area (Å²) in [6.07, 6.45) is 2.10. The van der Waals surface area contributed by atoms with Gasteiger partial charge in [-0.2, -0.15) is 4.31 Å². The number of thiazole rings is 1. The van der Waals surface area contributed by atoms with Crippen LogP contribution in [0.25, 0.3) is 10.2 Å². The van der Waals surface area contributed by atoms with Crippen molar-refractivity contribution in [3.05, 3.63) is 40.2 Å². The number of benzene rings is 1. The molecule has 0 N–H and O–H groups in total. The number of aromatic nitrogens is 1. The molecule has 4 rings (SSSR count). The van der Waals surface area contributed by atoms with E-state index in [1.54, 1.807) is 11.0 Å². The van der Waals surface area contributed by atoms with E-state index in [9.17, 15) is 13.2 Å². The van der Waals surface area contributed by atoms with E-state index < -0.39 is 15.9 Å². The van der Waals surface area contributed by atoms with Gasteiger partial charge in [-0.3, -0.25) is 9.69 Å². The number of nitrogens with zero attached hydrogens (tertiary/aromatic N) is 4. The fraction of sp³-hybridized carbons (Fsp3) is 0.478. The highest BCUT2D eigenvalue weighted by atomic mass is 35.5. The van der Waals surface area contributed by atoms with Gasteiger partial charge in [0.05, 0.1) is 20.5 Å². The number of carbonyl (C=O) groups excluding carboxylic acids is 1. The second kappa shape index (κ2) is 10.6. The van der Waals surface area contributed by atoms with Gasteiger partial charge in [0.15, 0.2) is 5.13 Å². The number of hydrogen-bond donors (Lipinski definition) is 0. The molecule has 184 valence electrons. The number of thiophene rings is 1. The molecule has 1 saturated heterocycles. The first kappa shape index (κ1) is 25.5. The van der Waals surface area contributed by atoms with Crippen LogP contribution in [-0.2, 0) is 14.8 Å². The Labute approximate surface area is 214 Å². The molecule has 0 spiro atoms. The zero-order valence-electron chi connectivity index (χ0n) is 19.5. The quantitative estimate of drug-likeness (QED) is 0.414. The highest BCUT2D eigenvalue weighted by molar-refractivity contribution is 7.91. The third kappa shape index (κ3) is 5.63. The summed E-state index contributed by atoms with van der Waals surface area (Å²) in [5, 5.41) is 0.675. The molecule has 0 bridgehead atoms. The number of amides is 1. The fourth-order valence-electron chi connectivity index (χ4n) is 4.13. The Morgan fingerprint density at radius 2 is 2.00 bits per heavy atom. The van der Waals surface area contributed by atoms with Crippen LogP contribution < -0.4 is 4.90 Å². The molecule has 2 aromatic heterocycles. The standard InChI is InChI=1S/C23H29ClN4O3S3/c1-16-7-8-18-19(14-16)32-23(25-18)28(13-5-11-26(2)3)22(29)17-6-4-12-27(15-17)34(30,31)21-10-9-20(24)33-21/h7-10,14,17H,4-6,11-13,15H2,1-3H3. The van der Waals surface area contributed by atoms with E-state index in [2.05, 4.69) is 11.0 Å². The number of rotatable bonds is 8. The molecule has 1 amide bonds. The minimum atomic E-state index is -3.67.